The van der Waals surface area contributed by atoms with E-state index in [0.717, 1.165) is 0 Å². The van der Waals surface area contributed by atoms with Crippen molar-refractivity contribution < 1.29 is 19.8 Å². The highest BCUT2D eigenvalue weighted by atomic mass is 16.4. The second kappa shape index (κ2) is 5.83. The highest BCUT2D eigenvalue weighted by molar-refractivity contribution is 5.83. The number of aliphatic hydroxyl groups excluding tert-OH is 1. The summed E-state index contributed by atoms with van der Waals surface area (Å²) in [5.41, 5.74) is 0. The van der Waals surface area contributed by atoms with Gasteiger partial charge in [0.05, 0.1) is 6.10 Å². The van der Waals surface area contributed by atoms with Crippen molar-refractivity contribution in [3.8, 4) is 0 Å². The van der Waals surface area contributed by atoms with Gasteiger partial charge in [-0.2, -0.15) is 0 Å². The molecule has 2 atom stereocenters. The molecule has 0 aromatic carbocycles. The van der Waals surface area contributed by atoms with Gasteiger partial charge in [-0.1, -0.05) is 0 Å². The summed E-state index contributed by atoms with van der Waals surface area (Å²) >= 11 is 0. The lowest BCUT2D eigenvalue weighted by Crippen LogP contribution is -2.48. The highest BCUT2D eigenvalue weighted by Crippen LogP contribution is 2.19. The topological polar surface area (TPSA) is 93.1 Å². The number of hydrogen-bond donors (Lipinski definition) is 3. The third kappa shape index (κ3) is 3.31. The molecule has 2 amide bonds. The molecule has 0 radical (unpaired) electrons. The number of carbonyl (C=O) groups excluding carboxylic acids is 1. The zero-order valence-corrected chi connectivity index (χ0v) is 10.1. The van der Waals surface area contributed by atoms with Crippen LogP contribution in [0.3, 0.4) is 0 Å². The molecule has 0 aromatic heterocycles. The van der Waals surface area contributed by atoms with Crippen LogP contribution in [0.5, 0.6) is 0 Å². The number of carbonyl (C=O) groups is 2. The van der Waals surface area contributed by atoms with Crippen LogP contribution >= 0.6 is 0 Å². The Morgan fingerprint density at radius 1 is 1.53 bits per heavy atom. The minimum atomic E-state index is -1.07. The maximum Gasteiger partial charge on any atom is 0.326 e. The van der Waals surface area contributed by atoms with E-state index in [1.807, 2.05) is 0 Å². The SMILES string of the molecule is CNCCN(C)C(=O)N1C[C@H](O)C[C@@H]1C(=O)O. The van der Waals surface area contributed by atoms with Crippen LogP contribution in [-0.4, -0.2) is 77.9 Å². The van der Waals surface area contributed by atoms with Gasteiger partial charge < -0.3 is 25.3 Å². The maximum absolute atomic E-state index is 12.0. The lowest BCUT2D eigenvalue weighted by atomic mass is 10.2. The van der Waals surface area contributed by atoms with Gasteiger partial charge in [0.1, 0.15) is 6.04 Å². The minimum Gasteiger partial charge on any atom is -0.480 e. The van der Waals surface area contributed by atoms with E-state index in [1.165, 1.54) is 9.80 Å². The third-order valence-corrected chi connectivity index (χ3v) is 2.83. The first-order valence-electron chi connectivity index (χ1n) is 5.54. The molecule has 3 N–H and O–H groups in total. The van der Waals surface area contributed by atoms with Gasteiger partial charge >= 0.3 is 12.0 Å². The van der Waals surface area contributed by atoms with Crippen molar-refractivity contribution in [2.75, 3.05) is 33.7 Å². The molecule has 1 heterocycles. The van der Waals surface area contributed by atoms with Crippen LogP contribution < -0.4 is 5.32 Å². The third-order valence-electron chi connectivity index (χ3n) is 2.83. The van der Waals surface area contributed by atoms with Crippen molar-refractivity contribution in [1.82, 2.24) is 15.1 Å². The Kier molecular flexibility index (Phi) is 4.71. The molecule has 1 fully saturated rings. The van der Waals surface area contributed by atoms with Crippen LogP contribution in [0.2, 0.25) is 0 Å². The van der Waals surface area contributed by atoms with E-state index in [9.17, 15) is 14.7 Å². The van der Waals surface area contributed by atoms with Gasteiger partial charge in [0.15, 0.2) is 0 Å². The fourth-order valence-corrected chi connectivity index (χ4v) is 1.85. The largest absolute Gasteiger partial charge is 0.480 e. The average Bonchev–Trinajstić information content (AvgIpc) is 2.67. The molecule has 1 aliphatic rings. The lowest BCUT2D eigenvalue weighted by molar-refractivity contribution is -0.141. The summed E-state index contributed by atoms with van der Waals surface area (Å²) in [7, 11) is 3.39. The first-order chi connectivity index (χ1) is 7.97. The summed E-state index contributed by atoms with van der Waals surface area (Å²) in [6.45, 7) is 1.21. The number of aliphatic hydroxyl groups is 1. The quantitative estimate of drug-likeness (QED) is 0.577. The van der Waals surface area contributed by atoms with E-state index in [4.69, 9.17) is 5.11 Å². The van der Waals surface area contributed by atoms with E-state index in [1.54, 1.807) is 14.1 Å². The van der Waals surface area contributed by atoms with Gasteiger partial charge in [-0.15, -0.1) is 0 Å². The van der Waals surface area contributed by atoms with Gasteiger partial charge in [0, 0.05) is 33.1 Å². The number of rotatable bonds is 4. The molecule has 0 bridgehead atoms. The van der Waals surface area contributed by atoms with Gasteiger partial charge in [0.2, 0.25) is 0 Å². The van der Waals surface area contributed by atoms with E-state index in [2.05, 4.69) is 5.32 Å². The molecule has 7 heteroatoms. The number of carboxylic acid groups (broad SMARTS) is 1. The molecular formula is C10H19N3O4. The number of nitrogens with zero attached hydrogens (tertiary/aromatic N) is 2. The van der Waals surface area contributed by atoms with E-state index < -0.39 is 18.1 Å². The Hall–Kier alpha value is -1.34. The fourth-order valence-electron chi connectivity index (χ4n) is 1.85. The first-order valence-corrected chi connectivity index (χ1v) is 5.54. The van der Waals surface area contributed by atoms with Crippen molar-refractivity contribution >= 4 is 12.0 Å². The number of amides is 2. The van der Waals surface area contributed by atoms with Crippen molar-refractivity contribution in [3.05, 3.63) is 0 Å². The Morgan fingerprint density at radius 2 is 2.18 bits per heavy atom. The first kappa shape index (κ1) is 13.7. The number of likely N-dealkylation sites (N-methyl/N-ethyl adjacent to an activating group) is 2. The minimum absolute atomic E-state index is 0.0830. The molecule has 0 spiro atoms. The molecule has 1 rings (SSSR count). The lowest BCUT2D eigenvalue weighted by Gasteiger charge is -2.27. The molecule has 17 heavy (non-hydrogen) atoms. The van der Waals surface area contributed by atoms with Gasteiger partial charge in [-0.25, -0.2) is 9.59 Å². The Labute approximate surface area is 100.0 Å². The Morgan fingerprint density at radius 3 is 2.71 bits per heavy atom. The second-order valence-electron chi connectivity index (χ2n) is 4.20. The number of likely N-dealkylation sites (tertiary alicyclic amines) is 1. The highest BCUT2D eigenvalue weighted by Gasteiger charge is 2.39. The smallest absolute Gasteiger partial charge is 0.326 e. The Bertz CT molecular complexity index is 297. The summed E-state index contributed by atoms with van der Waals surface area (Å²) in [6.07, 6.45) is -0.654. The van der Waals surface area contributed by atoms with Gasteiger partial charge in [0.25, 0.3) is 0 Å². The van der Waals surface area contributed by atoms with Crippen LogP contribution in [0.4, 0.5) is 4.79 Å². The van der Waals surface area contributed by atoms with Crippen LogP contribution in [0.15, 0.2) is 0 Å². The van der Waals surface area contributed by atoms with Crippen LogP contribution in [0.1, 0.15) is 6.42 Å². The van der Waals surface area contributed by atoms with Gasteiger partial charge in [-0.3, -0.25) is 0 Å². The van der Waals surface area contributed by atoms with Crippen molar-refractivity contribution in [3.63, 3.8) is 0 Å². The molecule has 7 nitrogen and oxygen atoms in total. The number of aliphatic carboxylic acids is 1. The number of carboxylic acids is 1. The molecular weight excluding hydrogens is 226 g/mol. The maximum atomic E-state index is 12.0. The van der Waals surface area contributed by atoms with E-state index in [0.29, 0.717) is 13.1 Å². The van der Waals surface area contributed by atoms with Crippen molar-refractivity contribution in [1.29, 1.82) is 0 Å². The van der Waals surface area contributed by atoms with Crippen LogP contribution in [0.25, 0.3) is 0 Å². The molecule has 0 unspecified atom stereocenters. The number of β-amino-alcohol motifs (C(OH)–C–C–N with tert-alkyl or cyclic N) is 1. The zero-order chi connectivity index (χ0) is 13.0. The normalized spacial score (nSPS) is 23.8. The average molecular weight is 245 g/mol. The molecule has 1 aliphatic heterocycles. The summed E-state index contributed by atoms with van der Waals surface area (Å²) in [5.74, 6) is -1.07. The predicted molar refractivity (Wildman–Crippen MR) is 60.7 cm³/mol. The fraction of sp³-hybridized carbons (Fsp3) is 0.800. The van der Waals surface area contributed by atoms with Crippen LogP contribution in [-0.2, 0) is 4.79 Å². The summed E-state index contributed by atoms with van der Waals surface area (Å²) in [5, 5.41) is 21.3. The molecule has 0 aliphatic carbocycles. The van der Waals surface area contributed by atoms with Crippen molar-refractivity contribution in [2.24, 2.45) is 0 Å². The Balaban J connectivity index is 2.63. The van der Waals surface area contributed by atoms with E-state index in [-0.39, 0.29) is 19.0 Å². The van der Waals surface area contributed by atoms with Crippen molar-refractivity contribution in [2.45, 2.75) is 18.6 Å². The molecule has 0 aromatic rings. The standard InChI is InChI=1S/C10H19N3O4/c1-11-3-4-12(2)10(17)13-6-7(14)5-8(13)9(15)16/h7-8,11,14H,3-6H2,1-2H3,(H,15,16)/t7-,8-/m1/s1. The summed E-state index contributed by atoms with van der Waals surface area (Å²) in [4.78, 5) is 25.6. The predicted octanol–water partition coefficient (Wildman–Crippen LogP) is -1.22. The summed E-state index contributed by atoms with van der Waals surface area (Å²) in [6, 6.07) is -1.28. The molecule has 1 saturated heterocycles. The van der Waals surface area contributed by atoms with Gasteiger partial charge in [-0.05, 0) is 7.05 Å². The number of hydrogen-bond acceptors (Lipinski definition) is 4. The second-order valence-corrected chi connectivity index (χ2v) is 4.20. The summed E-state index contributed by atoms with van der Waals surface area (Å²) < 4.78 is 0. The van der Waals surface area contributed by atoms with E-state index >= 15 is 0 Å². The number of nitrogens with one attached hydrogen (secondary N) is 1. The molecule has 0 saturated carbocycles. The van der Waals surface area contributed by atoms with Crippen LogP contribution in [0, 0.1) is 0 Å². The number of urea groups is 1. The monoisotopic (exact) mass is 245 g/mol. The molecule has 98 valence electrons. The zero-order valence-electron chi connectivity index (χ0n) is 10.1.